The Hall–Kier alpha value is -3.48. The lowest BCUT2D eigenvalue weighted by molar-refractivity contribution is 0.0527. The van der Waals surface area contributed by atoms with Crippen LogP contribution in [0.3, 0.4) is 0 Å². The van der Waals surface area contributed by atoms with Crippen molar-refractivity contribution >= 4 is 23.4 Å². The number of hydrogen-bond donors (Lipinski definition) is 2. The minimum atomic E-state index is -0.387. The number of esters is 1. The van der Waals surface area contributed by atoms with Crippen LogP contribution in [0.25, 0.3) is 0 Å². The van der Waals surface area contributed by atoms with Crippen molar-refractivity contribution in [2.24, 2.45) is 0 Å². The van der Waals surface area contributed by atoms with Gasteiger partial charge >= 0.3 is 5.97 Å². The van der Waals surface area contributed by atoms with Gasteiger partial charge in [0, 0.05) is 25.1 Å². The summed E-state index contributed by atoms with van der Waals surface area (Å²) in [4.78, 5) is 24.7. The summed E-state index contributed by atoms with van der Waals surface area (Å²) in [6, 6.07) is 12.7. The topological polar surface area (TPSA) is 89.0 Å². The molecule has 0 radical (unpaired) electrons. The predicted molar refractivity (Wildman–Crippen MR) is 99.3 cm³/mol. The second kappa shape index (κ2) is 8.57. The number of carbonyl (C=O) groups excluding carboxylic acids is 1. The van der Waals surface area contributed by atoms with Gasteiger partial charge in [0.1, 0.15) is 5.82 Å². The van der Waals surface area contributed by atoms with Gasteiger partial charge in [-0.15, -0.1) is 0 Å². The molecule has 0 aliphatic rings. The molecule has 0 aliphatic heterocycles. The molecule has 132 valence electrons. The number of benzene rings is 1. The molecule has 2 heterocycles. The number of para-hydroxylation sites is 1. The lowest BCUT2D eigenvalue weighted by Gasteiger charge is -2.11. The van der Waals surface area contributed by atoms with Crippen LogP contribution in [-0.4, -0.2) is 27.5 Å². The van der Waals surface area contributed by atoms with E-state index in [1.54, 1.807) is 49.8 Å². The normalized spacial score (nSPS) is 10.2. The van der Waals surface area contributed by atoms with Gasteiger partial charge in [0.05, 0.1) is 17.9 Å². The van der Waals surface area contributed by atoms with Crippen molar-refractivity contribution in [2.45, 2.75) is 13.5 Å². The molecule has 7 heteroatoms. The quantitative estimate of drug-likeness (QED) is 0.632. The standard InChI is InChI=1S/C19H19N5O2/c1-2-26-18(25)15-5-3-4-6-16(15)23-19-21-12-9-17(24-19)22-13-14-7-10-20-11-8-14/h3-12H,2,13H2,1H3,(H2,21,22,23,24). The number of nitrogens with one attached hydrogen (secondary N) is 2. The number of aromatic nitrogens is 3. The first-order valence-corrected chi connectivity index (χ1v) is 8.25. The number of hydrogen-bond acceptors (Lipinski definition) is 7. The monoisotopic (exact) mass is 349 g/mol. The second-order valence-electron chi connectivity index (χ2n) is 5.37. The maximum absolute atomic E-state index is 12.1. The highest BCUT2D eigenvalue weighted by molar-refractivity contribution is 5.96. The van der Waals surface area contributed by atoms with Crippen LogP contribution in [0.2, 0.25) is 0 Å². The lowest BCUT2D eigenvalue weighted by atomic mass is 10.2. The minimum Gasteiger partial charge on any atom is -0.462 e. The molecule has 0 fully saturated rings. The van der Waals surface area contributed by atoms with E-state index in [1.165, 1.54) is 0 Å². The highest BCUT2D eigenvalue weighted by Gasteiger charge is 2.12. The molecule has 1 aromatic carbocycles. The molecule has 26 heavy (non-hydrogen) atoms. The molecule has 3 aromatic rings. The molecule has 0 spiro atoms. The van der Waals surface area contributed by atoms with Crippen LogP contribution in [0.5, 0.6) is 0 Å². The van der Waals surface area contributed by atoms with Crippen LogP contribution in [0.4, 0.5) is 17.5 Å². The molecule has 0 aliphatic carbocycles. The third-order valence-electron chi connectivity index (χ3n) is 3.55. The first kappa shape index (κ1) is 17.3. The summed E-state index contributed by atoms with van der Waals surface area (Å²) in [5.74, 6) is 0.678. The summed E-state index contributed by atoms with van der Waals surface area (Å²) < 4.78 is 5.08. The van der Waals surface area contributed by atoms with Gasteiger partial charge in [0.25, 0.3) is 0 Å². The van der Waals surface area contributed by atoms with Crippen molar-refractivity contribution in [3.05, 3.63) is 72.2 Å². The van der Waals surface area contributed by atoms with E-state index in [0.29, 0.717) is 36.2 Å². The van der Waals surface area contributed by atoms with Gasteiger partial charge < -0.3 is 15.4 Å². The smallest absolute Gasteiger partial charge is 0.340 e. The molecule has 0 unspecified atom stereocenters. The van der Waals surface area contributed by atoms with E-state index in [-0.39, 0.29) is 5.97 Å². The molecule has 0 atom stereocenters. The van der Waals surface area contributed by atoms with Crippen molar-refractivity contribution < 1.29 is 9.53 Å². The van der Waals surface area contributed by atoms with Gasteiger partial charge in [-0.2, -0.15) is 4.98 Å². The van der Waals surface area contributed by atoms with Crippen molar-refractivity contribution in [1.29, 1.82) is 0 Å². The van der Waals surface area contributed by atoms with Gasteiger partial charge in [-0.05, 0) is 42.8 Å². The van der Waals surface area contributed by atoms with E-state index in [1.807, 2.05) is 18.2 Å². The van der Waals surface area contributed by atoms with Crippen LogP contribution >= 0.6 is 0 Å². The highest BCUT2D eigenvalue weighted by Crippen LogP contribution is 2.20. The van der Waals surface area contributed by atoms with Gasteiger partial charge in [0.2, 0.25) is 5.95 Å². The van der Waals surface area contributed by atoms with E-state index in [0.717, 1.165) is 5.56 Å². The Kier molecular flexibility index (Phi) is 5.72. The number of anilines is 3. The van der Waals surface area contributed by atoms with Crippen molar-refractivity contribution in [3.8, 4) is 0 Å². The Morgan fingerprint density at radius 2 is 1.88 bits per heavy atom. The summed E-state index contributed by atoms with van der Waals surface area (Å²) >= 11 is 0. The molecule has 2 N–H and O–H groups in total. The van der Waals surface area contributed by atoms with Crippen LogP contribution in [0, 0.1) is 0 Å². The van der Waals surface area contributed by atoms with Gasteiger partial charge in [-0.25, -0.2) is 9.78 Å². The van der Waals surface area contributed by atoms with Crippen LogP contribution in [-0.2, 0) is 11.3 Å². The largest absolute Gasteiger partial charge is 0.462 e. The van der Waals surface area contributed by atoms with E-state index in [9.17, 15) is 4.79 Å². The van der Waals surface area contributed by atoms with E-state index in [4.69, 9.17) is 4.74 Å². The third kappa shape index (κ3) is 4.54. The highest BCUT2D eigenvalue weighted by atomic mass is 16.5. The zero-order valence-corrected chi connectivity index (χ0v) is 14.3. The van der Waals surface area contributed by atoms with Crippen molar-refractivity contribution in [1.82, 2.24) is 15.0 Å². The first-order valence-electron chi connectivity index (χ1n) is 8.25. The van der Waals surface area contributed by atoms with Gasteiger partial charge in [0.15, 0.2) is 0 Å². The second-order valence-corrected chi connectivity index (χ2v) is 5.37. The number of pyridine rings is 1. The Balaban J connectivity index is 1.72. The van der Waals surface area contributed by atoms with Crippen molar-refractivity contribution in [3.63, 3.8) is 0 Å². The molecular weight excluding hydrogens is 330 g/mol. The van der Waals surface area contributed by atoms with E-state index >= 15 is 0 Å². The van der Waals surface area contributed by atoms with E-state index in [2.05, 4.69) is 25.6 Å². The Labute approximate surface area is 151 Å². The number of rotatable bonds is 7. The number of carbonyl (C=O) groups is 1. The molecule has 7 nitrogen and oxygen atoms in total. The van der Waals surface area contributed by atoms with Crippen LogP contribution in [0.15, 0.2) is 61.1 Å². The summed E-state index contributed by atoms with van der Waals surface area (Å²) in [6.07, 6.45) is 5.14. The SMILES string of the molecule is CCOC(=O)c1ccccc1Nc1nccc(NCc2ccncc2)n1. The Morgan fingerprint density at radius 1 is 1.08 bits per heavy atom. The zero-order valence-electron chi connectivity index (χ0n) is 14.3. The molecule has 2 aromatic heterocycles. The molecular formula is C19H19N5O2. The average molecular weight is 349 g/mol. The van der Waals surface area contributed by atoms with Gasteiger partial charge in [-0.3, -0.25) is 4.98 Å². The maximum Gasteiger partial charge on any atom is 0.340 e. The molecule has 0 amide bonds. The Morgan fingerprint density at radius 3 is 2.69 bits per heavy atom. The summed E-state index contributed by atoms with van der Waals surface area (Å²) in [5.41, 5.74) is 2.13. The zero-order chi connectivity index (χ0) is 18.2. The first-order chi connectivity index (χ1) is 12.8. The van der Waals surface area contributed by atoms with Gasteiger partial charge in [-0.1, -0.05) is 12.1 Å². The number of ether oxygens (including phenoxy) is 1. The van der Waals surface area contributed by atoms with Crippen LogP contribution < -0.4 is 10.6 Å². The lowest BCUT2D eigenvalue weighted by Crippen LogP contribution is -2.09. The molecule has 3 rings (SSSR count). The summed E-state index contributed by atoms with van der Waals surface area (Å²) in [6.45, 7) is 2.71. The fraction of sp³-hybridized carbons (Fsp3) is 0.158. The molecule has 0 saturated carbocycles. The molecule has 0 bridgehead atoms. The summed E-state index contributed by atoms with van der Waals surface area (Å²) in [5, 5.41) is 6.31. The van der Waals surface area contributed by atoms with Crippen molar-refractivity contribution in [2.75, 3.05) is 17.2 Å². The number of nitrogens with zero attached hydrogens (tertiary/aromatic N) is 3. The minimum absolute atomic E-state index is 0.318. The predicted octanol–water partition coefficient (Wildman–Crippen LogP) is 3.40. The molecule has 0 saturated heterocycles. The Bertz CT molecular complexity index is 871. The maximum atomic E-state index is 12.1. The summed E-state index contributed by atoms with van der Waals surface area (Å²) in [7, 11) is 0. The fourth-order valence-electron chi connectivity index (χ4n) is 2.31. The van der Waals surface area contributed by atoms with E-state index < -0.39 is 0 Å². The average Bonchev–Trinajstić information content (AvgIpc) is 2.68. The third-order valence-corrected chi connectivity index (χ3v) is 3.55. The fourth-order valence-corrected chi connectivity index (χ4v) is 2.31. The van der Waals surface area contributed by atoms with Crippen LogP contribution in [0.1, 0.15) is 22.8 Å².